The van der Waals surface area contributed by atoms with Crippen molar-refractivity contribution < 1.29 is 4.79 Å². The lowest BCUT2D eigenvalue weighted by Gasteiger charge is -2.02. The van der Waals surface area contributed by atoms with Gasteiger partial charge in [0.25, 0.3) is 5.91 Å². The number of amides is 1. The predicted octanol–water partition coefficient (Wildman–Crippen LogP) is 2.34. The van der Waals surface area contributed by atoms with Gasteiger partial charge in [-0.1, -0.05) is 17.3 Å². The van der Waals surface area contributed by atoms with Crippen LogP contribution >= 0.6 is 11.3 Å². The molecule has 7 heteroatoms. The van der Waals surface area contributed by atoms with E-state index in [0.717, 1.165) is 21.6 Å². The van der Waals surface area contributed by atoms with Crippen LogP contribution in [0.15, 0.2) is 41.5 Å². The minimum Gasteiger partial charge on any atom is -0.271 e. The molecule has 0 saturated heterocycles. The molecule has 22 heavy (non-hydrogen) atoms. The van der Waals surface area contributed by atoms with Crippen LogP contribution in [0.3, 0.4) is 0 Å². The highest BCUT2D eigenvalue weighted by atomic mass is 32.1. The Kier molecular flexibility index (Phi) is 3.97. The summed E-state index contributed by atoms with van der Waals surface area (Å²) >= 11 is 1.65. The average Bonchev–Trinajstić information content (AvgIpc) is 3.12. The lowest BCUT2D eigenvalue weighted by molar-refractivity contribution is -0.121. The fourth-order valence-corrected chi connectivity index (χ4v) is 2.85. The first kappa shape index (κ1) is 14.4. The molecule has 2 heterocycles. The van der Waals surface area contributed by atoms with E-state index in [2.05, 4.69) is 20.8 Å². The van der Waals surface area contributed by atoms with Gasteiger partial charge in [-0.15, -0.1) is 16.4 Å². The van der Waals surface area contributed by atoms with Crippen LogP contribution in [0.1, 0.15) is 16.7 Å². The Morgan fingerprint density at radius 3 is 2.91 bits per heavy atom. The number of aromatic nitrogens is 3. The average molecular weight is 313 g/mol. The SMILES string of the molecule is C/C(=N\NC(=O)Cn1nnc2ccccc21)c1ccc(C)s1. The first-order valence-electron chi connectivity index (χ1n) is 6.81. The van der Waals surface area contributed by atoms with E-state index >= 15 is 0 Å². The number of fused-ring (bicyclic) bond motifs is 1. The van der Waals surface area contributed by atoms with Gasteiger partial charge in [-0.05, 0) is 38.1 Å². The molecular weight excluding hydrogens is 298 g/mol. The fourth-order valence-electron chi connectivity index (χ4n) is 2.04. The van der Waals surface area contributed by atoms with Gasteiger partial charge in [0.1, 0.15) is 12.1 Å². The Balaban J connectivity index is 1.68. The zero-order valence-corrected chi connectivity index (χ0v) is 13.1. The van der Waals surface area contributed by atoms with Gasteiger partial charge in [-0.2, -0.15) is 5.10 Å². The second kappa shape index (κ2) is 6.07. The van der Waals surface area contributed by atoms with E-state index in [4.69, 9.17) is 0 Å². The van der Waals surface area contributed by atoms with Crippen LogP contribution in [-0.2, 0) is 11.3 Å². The Morgan fingerprint density at radius 1 is 1.32 bits per heavy atom. The van der Waals surface area contributed by atoms with E-state index in [1.54, 1.807) is 16.0 Å². The molecule has 0 spiro atoms. The Morgan fingerprint density at radius 2 is 2.14 bits per heavy atom. The van der Waals surface area contributed by atoms with E-state index in [9.17, 15) is 4.79 Å². The van der Waals surface area contributed by atoms with E-state index in [1.165, 1.54) is 4.88 Å². The quantitative estimate of drug-likeness (QED) is 0.593. The van der Waals surface area contributed by atoms with Crippen LogP contribution in [0.5, 0.6) is 0 Å². The van der Waals surface area contributed by atoms with Crippen LogP contribution in [0.25, 0.3) is 11.0 Å². The Hall–Kier alpha value is -2.54. The smallest absolute Gasteiger partial charge is 0.261 e. The van der Waals surface area contributed by atoms with Gasteiger partial charge in [0.15, 0.2) is 0 Å². The summed E-state index contributed by atoms with van der Waals surface area (Å²) in [4.78, 5) is 14.2. The van der Waals surface area contributed by atoms with Crippen LogP contribution in [0.2, 0.25) is 0 Å². The number of para-hydroxylation sites is 1. The third kappa shape index (κ3) is 3.04. The number of nitrogens with zero attached hydrogens (tertiary/aromatic N) is 4. The summed E-state index contributed by atoms with van der Waals surface area (Å²) in [6.07, 6.45) is 0. The van der Waals surface area contributed by atoms with Crippen LogP contribution in [-0.4, -0.2) is 26.6 Å². The zero-order chi connectivity index (χ0) is 15.5. The number of carbonyl (C=O) groups excluding carboxylic acids is 1. The molecule has 0 unspecified atom stereocenters. The van der Waals surface area contributed by atoms with Crippen molar-refractivity contribution in [1.82, 2.24) is 20.4 Å². The number of aryl methyl sites for hydroxylation is 1. The van der Waals surface area contributed by atoms with Gasteiger partial charge in [0.05, 0.1) is 16.1 Å². The standard InChI is InChI=1S/C15H15N5OS/c1-10-7-8-14(22-10)11(2)16-18-15(21)9-20-13-6-4-3-5-12(13)17-19-20/h3-8H,9H2,1-2H3,(H,18,21)/b16-11+. The third-order valence-electron chi connectivity index (χ3n) is 3.16. The summed E-state index contributed by atoms with van der Waals surface area (Å²) < 4.78 is 1.56. The number of hydrogen-bond acceptors (Lipinski definition) is 5. The summed E-state index contributed by atoms with van der Waals surface area (Å²) in [6.45, 7) is 3.99. The first-order chi connectivity index (χ1) is 10.6. The summed E-state index contributed by atoms with van der Waals surface area (Å²) in [6, 6.07) is 11.5. The highest BCUT2D eigenvalue weighted by Crippen LogP contribution is 2.15. The van der Waals surface area contributed by atoms with Crippen LogP contribution in [0, 0.1) is 6.92 Å². The van der Waals surface area contributed by atoms with Crippen molar-refractivity contribution in [1.29, 1.82) is 0 Å². The Labute approximate surface area is 131 Å². The molecular formula is C15H15N5OS. The molecule has 0 atom stereocenters. The van der Waals surface area contributed by atoms with Gasteiger partial charge in [-0.3, -0.25) is 4.79 Å². The normalized spacial score (nSPS) is 11.8. The number of nitrogens with one attached hydrogen (secondary N) is 1. The third-order valence-corrected chi connectivity index (χ3v) is 4.27. The summed E-state index contributed by atoms with van der Waals surface area (Å²) in [7, 11) is 0. The molecule has 0 fully saturated rings. The monoisotopic (exact) mass is 313 g/mol. The van der Waals surface area contributed by atoms with E-state index < -0.39 is 0 Å². The summed E-state index contributed by atoms with van der Waals surface area (Å²) in [5.74, 6) is -0.233. The van der Waals surface area contributed by atoms with Crippen LogP contribution in [0.4, 0.5) is 0 Å². The maximum absolute atomic E-state index is 12.0. The van der Waals surface area contributed by atoms with Gasteiger partial charge in [-0.25, -0.2) is 10.1 Å². The molecule has 0 saturated carbocycles. The Bertz CT molecular complexity index is 848. The van der Waals surface area contributed by atoms with Crippen molar-refractivity contribution in [3.8, 4) is 0 Å². The number of benzene rings is 1. The summed E-state index contributed by atoms with van der Waals surface area (Å²) in [5.41, 5.74) is 4.94. The molecule has 0 aliphatic rings. The maximum atomic E-state index is 12.0. The van der Waals surface area contributed by atoms with Crippen LogP contribution < -0.4 is 5.43 Å². The second-order valence-corrected chi connectivity index (χ2v) is 6.17. The van der Waals surface area contributed by atoms with Gasteiger partial charge in [0.2, 0.25) is 0 Å². The molecule has 6 nitrogen and oxygen atoms in total. The molecule has 3 rings (SSSR count). The molecule has 0 radical (unpaired) electrons. The molecule has 1 N–H and O–H groups in total. The highest BCUT2D eigenvalue weighted by molar-refractivity contribution is 7.14. The van der Waals surface area contributed by atoms with E-state index in [0.29, 0.717) is 0 Å². The molecule has 2 aromatic heterocycles. The molecule has 1 amide bonds. The van der Waals surface area contributed by atoms with Crippen molar-refractivity contribution in [2.45, 2.75) is 20.4 Å². The number of hydrazone groups is 1. The van der Waals surface area contributed by atoms with Crippen molar-refractivity contribution in [2.75, 3.05) is 0 Å². The number of hydrogen-bond donors (Lipinski definition) is 1. The number of thiophene rings is 1. The molecule has 112 valence electrons. The van der Waals surface area contributed by atoms with Crippen molar-refractivity contribution in [2.24, 2.45) is 5.10 Å². The van der Waals surface area contributed by atoms with E-state index in [-0.39, 0.29) is 12.5 Å². The molecule has 0 aliphatic carbocycles. The first-order valence-corrected chi connectivity index (χ1v) is 7.63. The second-order valence-electron chi connectivity index (χ2n) is 4.88. The van der Waals surface area contributed by atoms with Gasteiger partial charge >= 0.3 is 0 Å². The minimum absolute atomic E-state index is 0.0841. The maximum Gasteiger partial charge on any atom is 0.261 e. The molecule has 0 aliphatic heterocycles. The molecule has 0 bridgehead atoms. The van der Waals surface area contributed by atoms with E-state index in [1.807, 2.05) is 50.2 Å². The number of carbonyl (C=O) groups is 1. The minimum atomic E-state index is -0.233. The lowest BCUT2D eigenvalue weighted by Crippen LogP contribution is -2.24. The number of rotatable bonds is 4. The fraction of sp³-hybridized carbons (Fsp3) is 0.200. The van der Waals surface area contributed by atoms with Gasteiger partial charge < -0.3 is 0 Å². The zero-order valence-electron chi connectivity index (χ0n) is 12.3. The van der Waals surface area contributed by atoms with Crippen molar-refractivity contribution in [3.63, 3.8) is 0 Å². The predicted molar refractivity (Wildman–Crippen MR) is 86.9 cm³/mol. The molecule has 1 aromatic carbocycles. The van der Waals surface area contributed by atoms with Crippen molar-refractivity contribution in [3.05, 3.63) is 46.2 Å². The summed E-state index contributed by atoms with van der Waals surface area (Å²) in [5, 5.41) is 12.1. The topological polar surface area (TPSA) is 72.2 Å². The largest absolute Gasteiger partial charge is 0.271 e. The van der Waals surface area contributed by atoms with Gasteiger partial charge in [0, 0.05) is 4.88 Å². The molecule has 3 aromatic rings. The van der Waals surface area contributed by atoms with Crippen molar-refractivity contribution >= 4 is 34.0 Å². The lowest BCUT2D eigenvalue weighted by atomic mass is 10.3. The highest BCUT2D eigenvalue weighted by Gasteiger charge is 2.08.